The van der Waals surface area contributed by atoms with Crippen molar-refractivity contribution in [2.45, 2.75) is 37.6 Å². The molecule has 2 aliphatic rings. The monoisotopic (exact) mass is 437 g/mol. The summed E-state index contributed by atoms with van der Waals surface area (Å²) >= 11 is 0. The predicted octanol–water partition coefficient (Wildman–Crippen LogP) is 5.17. The number of nitrogens with zero attached hydrogens (tertiary/aromatic N) is 2. The van der Waals surface area contributed by atoms with E-state index in [1.165, 1.54) is 11.6 Å². The van der Waals surface area contributed by atoms with Crippen LogP contribution < -0.4 is 14.4 Å². The molecule has 3 heterocycles. The van der Waals surface area contributed by atoms with Crippen LogP contribution in [0.25, 0.3) is 10.9 Å². The van der Waals surface area contributed by atoms with E-state index in [9.17, 15) is 4.39 Å². The van der Waals surface area contributed by atoms with Gasteiger partial charge in [0.15, 0.2) is 0 Å². The van der Waals surface area contributed by atoms with E-state index < -0.39 is 0 Å². The molecule has 3 aromatic rings. The average molecular weight is 438 g/mol. The molecule has 2 aliphatic heterocycles. The van der Waals surface area contributed by atoms with Crippen molar-refractivity contribution in [3.63, 3.8) is 0 Å². The highest BCUT2D eigenvalue weighted by atomic mass is 19.1. The van der Waals surface area contributed by atoms with Gasteiger partial charge in [-0.1, -0.05) is 0 Å². The van der Waals surface area contributed by atoms with Crippen molar-refractivity contribution < 1.29 is 13.9 Å². The summed E-state index contributed by atoms with van der Waals surface area (Å²) < 4.78 is 24.7. The lowest BCUT2D eigenvalue weighted by Gasteiger charge is -2.42. The van der Waals surface area contributed by atoms with E-state index >= 15 is 0 Å². The standard InChI is InChI=1S/C26H32FN3O2/c1-31-21-4-6-25(26(16-21)32-2)30-13-9-20(10-14-30)29-11-7-18(8-12-29)23-17-28-24-5-3-19(27)15-22(23)24/h3-6,15-18,20,28H,7-14H2,1-2H3. The minimum atomic E-state index is -0.156. The number of anilines is 1. The van der Waals surface area contributed by atoms with Gasteiger partial charge in [0.05, 0.1) is 19.9 Å². The summed E-state index contributed by atoms with van der Waals surface area (Å²) in [6, 6.07) is 11.8. The van der Waals surface area contributed by atoms with Gasteiger partial charge in [0, 0.05) is 42.3 Å². The summed E-state index contributed by atoms with van der Waals surface area (Å²) in [4.78, 5) is 8.43. The molecule has 6 heteroatoms. The van der Waals surface area contributed by atoms with Gasteiger partial charge in [0.1, 0.15) is 17.3 Å². The van der Waals surface area contributed by atoms with Crippen molar-refractivity contribution in [1.29, 1.82) is 0 Å². The summed E-state index contributed by atoms with van der Waals surface area (Å²) in [6.07, 6.45) is 6.69. The minimum Gasteiger partial charge on any atom is -0.497 e. The van der Waals surface area contributed by atoms with Crippen LogP contribution in [0, 0.1) is 5.82 Å². The zero-order valence-electron chi connectivity index (χ0n) is 18.9. The van der Waals surface area contributed by atoms with Gasteiger partial charge in [0.2, 0.25) is 0 Å². The first-order valence-electron chi connectivity index (χ1n) is 11.6. The number of benzene rings is 2. The van der Waals surface area contributed by atoms with Gasteiger partial charge in [-0.15, -0.1) is 0 Å². The summed E-state index contributed by atoms with van der Waals surface area (Å²) in [5, 5.41) is 1.05. The molecule has 170 valence electrons. The lowest BCUT2D eigenvalue weighted by molar-refractivity contribution is 0.132. The number of halogens is 1. The predicted molar refractivity (Wildman–Crippen MR) is 127 cm³/mol. The first-order chi connectivity index (χ1) is 15.7. The number of methoxy groups -OCH3 is 2. The maximum absolute atomic E-state index is 13.8. The molecule has 0 saturated carbocycles. The normalized spacial score (nSPS) is 18.9. The van der Waals surface area contributed by atoms with Gasteiger partial charge in [-0.2, -0.15) is 0 Å². The molecule has 1 aromatic heterocycles. The number of aromatic amines is 1. The highest BCUT2D eigenvalue weighted by Gasteiger charge is 2.30. The molecule has 0 unspecified atom stereocenters. The number of nitrogens with one attached hydrogen (secondary N) is 1. The molecule has 0 atom stereocenters. The van der Waals surface area contributed by atoms with Crippen molar-refractivity contribution in [3.05, 3.63) is 54.0 Å². The zero-order chi connectivity index (χ0) is 22.1. The Labute approximate surface area is 189 Å². The van der Waals surface area contributed by atoms with Crippen molar-refractivity contribution in [1.82, 2.24) is 9.88 Å². The van der Waals surface area contributed by atoms with Crippen LogP contribution in [-0.4, -0.2) is 56.3 Å². The third-order valence-electron chi connectivity index (χ3n) is 7.35. The number of ether oxygens (including phenoxy) is 2. The SMILES string of the molecule is COc1ccc(N2CCC(N3CCC(c4c[nH]c5ccc(F)cc45)CC3)CC2)c(OC)c1. The molecule has 0 bridgehead atoms. The number of piperidine rings is 2. The summed E-state index contributed by atoms with van der Waals surface area (Å²) in [5.41, 5.74) is 3.46. The maximum atomic E-state index is 13.8. The molecule has 32 heavy (non-hydrogen) atoms. The number of fused-ring (bicyclic) bond motifs is 1. The van der Waals surface area contributed by atoms with Crippen LogP contribution in [0.1, 0.15) is 37.2 Å². The van der Waals surface area contributed by atoms with E-state index in [0.29, 0.717) is 12.0 Å². The van der Waals surface area contributed by atoms with Crippen LogP contribution in [0.2, 0.25) is 0 Å². The Kier molecular flexibility index (Phi) is 5.96. The van der Waals surface area contributed by atoms with Crippen LogP contribution >= 0.6 is 0 Å². The van der Waals surface area contributed by atoms with Crippen molar-refractivity contribution in [2.24, 2.45) is 0 Å². The molecular weight excluding hydrogens is 405 g/mol. The third kappa shape index (κ3) is 4.04. The zero-order valence-corrected chi connectivity index (χ0v) is 18.9. The molecule has 0 amide bonds. The first kappa shape index (κ1) is 21.1. The Morgan fingerprint density at radius 2 is 1.69 bits per heavy atom. The van der Waals surface area contributed by atoms with Crippen LogP contribution in [0.5, 0.6) is 11.5 Å². The quantitative estimate of drug-likeness (QED) is 0.598. The highest BCUT2D eigenvalue weighted by Crippen LogP contribution is 2.37. The lowest BCUT2D eigenvalue weighted by Crippen LogP contribution is -2.47. The van der Waals surface area contributed by atoms with E-state index in [0.717, 1.165) is 80.0 Å². The van der Waals surface area contributed by atoms with Gasteiger partial charge >= 0.3 is 0 Å². The number of hydrogen-bond acceptors (Lipinski definition) is 4. The van der Waals surface area contributed by atoms with Crippen LogP contribution in [0.15, 0.2) is 42.6 Å². The van der Waals surface area contributed by atoms with E-state index in [1.807, 2.05) is 18.2 Å². The second-order valence-electron chi connectivity index (χ2n) is 9.00. The number of rotatable bonds is 5. The van der Waals surface area contributed by atoms with Gasteiger partial charge in [-0.3, -0.25) is 0 Å². The van der Waals surface area contributed by atoms with Crippen LogP contribution in [-0.2, 0) is 0 Å². The van der Waals surface area contributed by atoms with E-state index in [2.05, 4.69) is 27.0 Å². The van der Waals surface area contributed by atoms with E-state index in [1.54, 1.807) is 20.3 Å². The number of likely N-dealkylation sites (tertiary alicyclic amines) is 1. The molecule has 5 nitrogen and oxygen atoms in total. The Balaban J connectivity index is 1.19. The lowest BCUT2D eigenvalue weighted by atomic mass is 9.87. The van der Waals surface area contributed by atoms with E-state index in [-0.39, 0.29) is 5.82 Å². The molecule has 1 N–H and O–H groups in total. The second kappa shape index (κ2) is 9.02. The van der Waals surface area contributed by atoms with Crippen LogP contribution in [0.4, 0.5) is 10.1 Å². The Hall–Kier alpha value is -2.73. The van der Waals surface area contributed by atoms with Crippen molar-refractivity contribution >= 4 is 16.6 Å². The topological polar surface area (TPSA) is 40.7 Å². The molecule has 0 spiro atoms. The van der Waals surface area contributed by atoms with Crippen LogP contribution in [0.3, 0.4) is 0 Å². The van der Waals surface area contributed by atoms with Crippen molar-refractivity contribution in [2.75, 3.05) is 45.3 Å². The smallest absolute Gasteiger partial charge is 0.145 e. The third-order valence-corrected chi connectivity index (χ3v) is 7.35. The number of aromatic nitrogens is 1. The fraction of sp³-hybridized carbons (Fsp3) is 0.462. The Morgan fingerprint density at radius 3 is 2.41 bits per heavy atom. The number of H-pyrrole nitrogens is 1. The fourth-order valence-electron chi connectivity index (χ4n) is 5.55. The first-order valence-corrected chi connectivity index (χ1v) is 11.6. The fourth-order valence-corrected chi connectivity index (χ4v) is 5.55. The summed E-state index contributed by atoms with van der Waals surface area (Å²) in [6.45, 7) is 4.30. The number of hydrogen-bond donors (Lipinski definition) is 1. The average Bonchev–Trinajstić information content (AvgIpc) is 3.27. The minimum absolute atomic E-state index is 0.156. The molecule has 2 saturated heterocycles. The maximum Gasteiger partial charge on any atom is 0.145 e. The van der Waals surface area contributed by atoms with Gasteiger partial charge in [0.25, 0.3) is 0 Å². The van der Waals surface area contributed by atoms with Gasteiger partial charge < -0.3 is 24.3 Å². The van der Waals surface area contributed by atoms with E-state index in [4.69, 9.17) is 9.47 Å². The largest absolute Gasteiger partial charge is 0.497 e. The molecule has 5 rings (SSSR count). The molecule has 2 aromatic carbocycles. The van der Waals surface area contributed by atoms with Crippen molar-refractivity contribution in [3.8, 4) is 11.5 Å². The molecule has 2 fully saturated rings. The highest BCUT2D eigenvalue weighted by molar-refractivity contribution is 5.83. The second-order valence-corrected chi connectivity index (χ2v) is 9.00. The summed E-state index contributed by atoms with van der Waals surface area (Å²) in [7, 11) is 3.40. The molecule has 0 radical (unpaired) electrons. The molecule has 0 aliphatic carbocycles. The Morgan fingerprint density at radius 1 is 0.906 bits per heavy atom. The van der Waals surface area contributed by atoms with Gasteiger partial charge in [-0.05, 0) is 80.6 Å². The molecular formula is C26H32FN3O2. The summed E-state index contributed by atoms with van der Waals surface area (Å²) in [5.74, 6) is 2.04. The Bertz CT molecular complexity index is 1070. The van der Waals surface area contributed by atoms with Gasteiger partial charge in [-0.25, -0.2) is 4.39 Å².